The maximum atomic E-state index is 11.7. The van der Waals surface area contributed by atoms with Crippen molar-refractivity contribution in [1.82, 2.24) is 5.43 Å². The molecule has 0 saturated carbocycles. The minimum absolute atomic E-state index is 0.223. The number of hydrogen-bond donors (Lipinski definition) is 1. The number of nitrogens with one attached hydrogen (secondary N) is 1. The van der Waals surface area contributed by atoms with Crippen molar-refractivity contribution in [2.24, 2.45) is 5.10 Å². The molecule has 6 heteroatoms. The van der Waals surface area contributed by atoms with Crippen LogP contribution in [0, 0.1) is 6.92 Å². The van der Waals surface area contributed by atoms with Gasteiger partial charge in [0.2, 0.25) is 0 Å². The summed E-state index contributed by atoms with van der Waals surface area (Å²) >= 11 is 3.37. The topological polar surface area (TPSA) is 63.8 Å². The highest BCUT2D eigenvalue weighted by Gasteiger charge is 2.08. The molecule has 0 fully saturated rings. The van der Waals surface area contributed by atoms with Gasteiger partial charge in [0.1, 0.15) is 11.5 Å². The van der Waals surface area contributed by atoms with Crippen LogP contribution in [0.2, 0.25) is 0 Å². The lowest BCUT2D eigenvalue weighted by atomic mass is 10.2. The van der Waals surface area contributed by atoms with E-state index in [1.54, 1.807) is 26.2 Å². The van der Waals surface area contributed by atoms with Gasteiger partial charge in [-0.3, -0.25) is 4.79 Å². The summed E-state index contributed by atoms with van der Waals surface area (Å²) in [6, 6.07) is 8.82. The van der Waals surface area contributed by atoms with Gasteiger partial charge >= 0.3 is 5.91 Å². The molecule has 0 atom stereocenters. The summed E-state index contributed by atoms with van der Waals surface area (Å²) in [7, 11) is 1.57. The van der Waals surface area contributed by atoms with Crippen molar-refractivity contribution in [1.29, 1.82) is 0 Å². The molecule has 0 spiro atoms. The summed E-state index contributed by atoms with van der Waals surface area (Å²) in [5.41, 5.74) is 3.15. The number of ether oxygens (including phenoxy) is 1. The van der Waals surface area contributed by atoms with Crippen molar-refractivity contribution in [3.63, 3.8) is 0 Å². The van der Waals surface area contributed by atoms with Crippen molar-refractivity contribution < 1.29 is 13.9 Å². The number of nitrogens with zero attached hydrogens (tertiary/aromatic N) is 1. The molecule has 1 heterocycles. The number of carbonyl (C=O) groups is 1. The lowest BCUT2D eigenvalue weighted by Gasteiger charge is -2.04. The molecular formula is C14H13BrN2O3. The predicted molar refractivity (Wildman–Crippen MR) is 79.2 cm³/mol. The molecular weight excluding hydrogens is 324 g/mol. The largest absolute Gasteiger partial charge is 0.496 e. The Balaban J connectivity index is 2.07. The lowest BCUT2D eigenvalue weighted by Crippen LogP contribution is -2.16. The van der Waals surface area contributed by atoms with Crippen LogP contribution in [0.15, 0.2) is 44.3 Å². The zero-order valence-electron chi connectivity index (χ0n) is 11.0. The van der Waals surface area contributed by atoms with E-state index in [1.165, 1.54) is 6.21 Å². The third-order valence-corrected chi connectivity index (χ3v) is 3.02. The fourth-order valence-corrected chi connectivity index (χ4v) is 1.96. The first-order valence-electron chi connectivity index (χ1n) is 5.83. The molecule has 5 nitrogen and oxygen atoms in total. The van der Waals surface area contributed by atoms with Gasteiger partial charge in [0.15, 0.2) is 5.76 Å². The average molecular weight is 337 g/mol. The summed E-state index contributed by atoms with van der Waals surface area (Å²) in [4.78, 5) is 11.7. The number of amides is 1. The number of hydrogen-bond acceptors (Lipinski definition) is 4. The van der Waals surface area contributed by atoms with Gasteiger partial charge < -0.3 is 9.15 Å². The highest BCUT2D eigenvalue weighted by Crippen LogP contribution is 2.21. The first kappa shape index (κ1) is 14.3. The van der Waals surface area contributed by atoms with Gasteiger partial charge in [-0.25, -0.2) is 5.43 Å². The zero-order chi connectivity index (χ0) is 14.5. The van der Waals surface area contributed by atoms with E-state index in [0.717, 1.165) is 10.0 Å². The minimum Gasteiger partial charge on any atom is -0.496 e. The molecule has 104 valence electrons. The molecule has 0 bridgehead atoms. The Labute approximate surface area is 124 Å². The van der Waals surface area contributed by atoms with Crippen LogP contribution in [0.4, 0.5) is 0 Å². The number of benzene rings is 1. The molecule has 0 unspecified atom stereocenters. The van der Waals surface area contributed by atoms with E-state index in [1.807, 2.05) is 18.2 Å². The molecule has 0 saturated heterocycles. The Bertz CT molecular complexity index is 650. The minimum atomic E-state index is -0.400. The molecule has 0 aliphatic heterocycles. The lowest BCUT2D eigenvalue weighted by molar-refractivity contribution is 0.0926. The molecule has 20 heavy (non-hydrogen) atoms. The standard InChI is InChI=1S/C14H13BrN2O3/c1-9-3-5-13(20-9)14(18)17-16-8-10-7-11(15)4-6-12(10)19-2/h3-8H,1-2H3,(H,17,18)/b16-8-. The Morgan fingerprint density at radius 2 is 2.20 bits per heavy atom. The summed E-state index contributed by atoms with van der Waals surface area (Å²) in [6.07, 6.45) is 1.51. The van der Waals surface area contributed by atoms with Crippen LogP contribution in [-0.4, -0.2) is 19.2 Å². The van der Waals surface area contributed by atoms with Gasteiger partial charge in [0, 0.05) is 10.0 Å². The van der Waals surface area contributed by atoms with Crippen LogP contribution in [0.5, 0.6) is 5.75 Å². The quantitative estimate of drug-likeness (QED) is 0.689. The number of hydrazone groups is 1. The monoisotopic (exact) mass is 336 g/mol. The molecule has 1 aromatic heterocycles. The fourth-order valence-electron chi connectivity index (χ4n) is 1.58. The van der Waals surface area contributed by atoms with Crippen molar-refractivity contribution in [2.45, 2.75) is 6.92 Å². The van der Waals surface area contributed by atoms with E-state index >= 15 is 0 Å². The van der Waals surface area contributed by atoms with Gasteiger partial charge in [-0.05, 0) is 37.3 Å². The van der Waals surface area contributed by atoms with E-state index in [-0.39, 0.29) is 5.76 Å². The number of rotatable bonds is 4. The number of carbonyl (C=O) groups excluding carboxylic acids is 1. The van der Waals surface area contributed by atoms with Gasteiger partial charge in [0.05, 0.1) is 13.3 Å². The third-order valence-electron chi connectivity index (χ3n) is 2.53. The molecule has 0 aliphatic rings. The van der Waals surface area contributed by atoms with E-state index in [0.29, 0.717) is 11.5 Å². The van der Waals surface area contributed by atoms with E-state index in [2.05, 4.69) is 26.5 Å². The zero-order valence-corrected chi connectivity index (χ0v) is 12.6. The molecule has 1 N–H and O–H groups in total. The second-order valence-corrected chi connectivity index (χ2v) is 4.91. The molecule has 1 amide bonds. The fraction of sp³-hybridized carbons (Fsp3) is 0.143. The van der Waals surface area contributed by atoms with E-state index < -0.39 is 5.91 Å². The number of halogens is 1. The van der Waals surface area contributed by atoms with Crippen LogP contribution in [0.1, 0.15) is 21.9 Å². The van der Waals surface area contributed by atoms with Crippen LogP contribution >= 0.6 is 15.9 Å². The van der Waals surface area contributed by atoms with Crippen LogP contribution in [-0.2, 0) is 0 Å². The maximum absolute atomic E-state index is 11.7. The van der Waals surface area contributed by atoms with Crippen molar-refractivity contribution >= 4 is 28.1 Å². The molecule has 0 radical (unpaired) electrons. The second kappa shape index (κ2) is 6.38. The van der Waals surface area contributed by atoms with Crippen LogP contribution < -0.4 is 10.2 Å². The highest BCUT2D eigenvalue weighted by atomic mass is 79.9. The first-order valence-corrected chi connectivity index (χ1v) is 6.63. The second-order valence-electron chi connectivity index (χ2n) is 4.00. The Morgan fingerprint density at radius 1 is 1.40 bits per heavy atom. The molecule has 2 aromatic rings. The van der Waals surface area contributed by atoms with E-state index in [4.69, 9.17) is 9.15 Å². The van der Waals surface area contributed by atoms with Crippen molar-refractivity contribution in [2.75, 3.05) is 7.11 Å². The maximum Gasteiger partial charge on any atom is 0.307 e. The first-order chi connectivity index (χ1) is 9.60. The molecule has 2 rings (SSSR count). The van der Waals surface area contributed by atoms with Crippen LogP contribution in [0.3, 0.4) is 0 Å². The van der Waals surface area contributed by atoms with Crippen molar-refractivity contribution in [3.8, 4) is 5.75 Å². The third kappa shape index (κ3) is 3.48. The van der Waals surface area contributed by atoms with Crippen molar-refractivity contribution in [3.05, 3.63) is 51.9 Å². The molecule has 0 aliphatic carbocycles. The Kier molecular flexibility index (Phi) is 4.57. The SMILES string of the molecule is COc1ccc(Br)cc1/C=N\NC(=O)c1ccc(C)o1. The highest BCUT2D eigenvalue weighted by molar-refractivity contribution is 9.10. The Hall–Kier alpha value is -2.08. The van der Waals surface area contributed by atoms with Gasteiger partial charge in [-0.15, -0.1) is 0 Å². The normalized spacial score (nSPS) is 10.8. The van der Waals surface area contributed by atoms with E-state index in [9.17, 15) is 4.79 Å². The van der Waals surface area contributed by atoms with Gasteiger partial charge in [-0.1, -0.05) is 15.9 Å². The van der Waals surface area contributed by atoms with Gasteiger partial charge in [-0.2, -0.15) is 5.10 Å². The number of aryl methyl sites for hydroxylation is 1. The predicted octanol–water partition coefficient (Wildman–Crippen LogP) is 3.12. The van der Waals surface area contributed by atoms with Crippen LogP contribution in [0.25, 0.3) is 0 Å². The summed E-state index contributed by atoms with van der Waals surface area (Å²) < 4.78 is 11.3. The number of furan rings is 1. The summed E-state index contributed by atoms with van der Waals surface area (Å²) in [5.74, 6) is 1.16. The van der Waals surface area contributed by atoms with Gasteiger partial charge in [0.25, 0.3) is 0 Å². The Morgan fingerprint density at radius 3 is 2.85 bits per heavy atom. The average Bonchev–Trinajstić information content (AvgIpc) is 2.86. The molecule has 1 aromatic carbocycles. The number of methoxy groups -OCH3 is 1. The smallest absolute Gasteiger partial charge is 0.307 e. The summed E-state index contributed by atoms with van der Waals surface area (Å²) in [5, 5.41) is 3.89. The summed E-state index contributed by atoms with van der Waals surface area (Å²) in [6.45, 7) is 1.77.